The van der Waals surface area contributed by atoms with Crippen LogP contribution < -0.4 is 14.0 Å². The van der Waals surface area contributed by atoms with Crippen molar-refractivity contribution in [3.8, 4) is 11.5 Å². The number of aryl methyl sites for hydroxylation is 1. The molecule has 4 nitrogen and oxygen atoms in total. The number of benzene rings is 2. The maximum absolute atomic E-state index is 6.22. The van der Waals surface area contributed by atoms with Crippen LogP contribution in [-0.2, 0) is 6.54 Å². The Kier molecular flexibility index (Phi) is 5.41. The van der Waals surface area contributed by atoms with Gasteiger partial charge in [-0.05, 0) is 43.0 Å². The lowest BCUT2D eigenvalue weighted by Gasteiger charge is -2.18. The summed E-state index contributed by atoms with van der Waals surface area (Å²) in [7, 11) is 5.75. The van der Waals surface area contributed by atoms with Crippen LogP contribution >= 0.6 is 11.3 Å². The summed E-state index contributed by atoms with van der Waals surface area (Å²) in [5.41, 5.74) is 3.45. The molecule has 1 aliphatic heterocycles. The lowest BCUT2D eigenvalue weighted by molar-refractivity contribution is -0.665. The number of ether oxygens (including phenoxy) is 2. The number of hydrogen-bond acceptors (Lipinski definition) is 4. The van der Waals surface area contributed by atoms with Gasteiger partial charge in [0.1, 0.15) is 28.5 Å². The van der Waals surface area contributed by atoms with Crippen LogP contribution in [0.3, 0.4) is 0 Å². The summed E-state index contributed by atoms with van der Waals surface area (Å²) in [6.45, 7) is 3.05. The molecular weight excluding hydrogens is 380 g/mol. The lowest BCUT2D eigenvalue weighted by atomic mass is 10.0. The molecule has 0 unspecified atom stereocenters. The molecule has 2 heterocycles. The molecule has 0 saturated heterocycles. The second-order valence-corrected chi connectivity index (χ2v) is 8.10. The molecule has 0 spiro atoms. The lowest BCUT2D eigenvalue weighted by Crippen LogP contribution is -2.33. The summed E-state index contributed by atoms with van der Waals surface area (Å²) >= 11 is 1.74. The van der Waals surface area contributed by atoms with Crippen LogP contribution in [0.2, 0.25) is 0 Å². The van der Waals surface area contributed by atoms with E-state index in [0.717, 1.165) is 39.9 Å². The van der Waals surface area contributed by atoms with E-state index in [1.807, 2.05) is 43.3 Å². The van der Waals surface area contributed by atoms with E-state index in [1.165, 1.54) is 10.2 Å². The molecule has 0 fully saturated rings. The van der Waals surface area contributed by atoms with Gasteiger partial charge in [-0.2, -0.15) is 4.57 Å². The van der Waals surface area contributed by atoms with E-state index in [2.05, 4.69) is 54.1 Å². The fourth-order valence-electron chi connectivity index (χ4n) is 3.39. The highest BCUT2D eigenvalue weighted by Crippen LogP contribution is 2.35. The van der Waals surface area contributed by atoms with Crippen molar-refractivity contribution in [3.63, 3.8) is 0 Å². The van der Waals surface area contributed by atoms with Crippen molar-refractivity contribution in [2.75, 3.05) is 21.2 Å². The van der Waals surface area contributed by atoms with Crippen molar-refractivity contribution < 1.29 is 14.0 Å². The number of aromatic nitrogens is 1. The van der Waals surface area contributed by atoms with Crippen molar-refractivity contribution in [1.29, 1.82) is 0 Å². The van der Waals surface area contributed by atoms with Crippen LogP contribution in [0, 0.1) is 0 Å². The van der Waals surface area contributed by atoms with Gasteiger partial charge >= 0.3 is 0 Å². The van der Waals surface area contributed by atoms with Gasteiger partial charge < -0.3 is 14.4 Å². The first-order chi connectivity index (χ1) is 14.1. The number of rotatable bonds is 5. The first kappa shape index (κ1) is 19.3. The Bertz CT molecular complexity index is 1140. The van der Waals surface area contributed by atoms with Crippen LogP contribution in [0.15, 0.2) is 66.6 Å². The van der Waals surface area contributed by atoms with Gasteiger partial charge in [-0.25, -0.2) is 0 Å². The Balaban J connectivity index is 1.80. The zero-order chi connectivity index (χ0) is 20.4. The second-order valence-electron chi connectivity index (χ2n) is 7.04. The highest BCUT2D eigenvalue weighted by molar-refractivity contribution is 7.18. The molecule has 4 rings (SSSR count). The summed E-state index contributed by atoms with van der Waals surface area (Å²) in [6, 6.07) is 14.4. The normalized spacial score (nSPS) is 14.8. The molecule has 0 atom stereocenters. The molecule has 148 valence electrons. The van der Waals surface area contributed by atoms with Crippen molar-refractivity contribution in [2.24, 2.45) is 0 Å². The molecule has 0 aliphatic carbocycles. The summed E-state index contributed by atoms with van der Waals surface area (Å²) in [4.78, 5) is 2.03. The SMILES string of the molecule is CC[n+]1c(/C=C2C=C(/C=C/N(C)C)c3ccccc3O\2)sc2cc(OC)ccc21. The van der Waals surface area contributed by atoms with E-state index in [9.17, 15) is 0 Å². The molecular formula is C24H25N2O2S+. The standard InChI is InChI=1S/C24H25N2O2S/c1-5-26-21-11-10-18(27-4)15-23(21)29-24(26)16-19-14-17(12-13-25(2)3)20-8-6-7-9-22(20)28-19/h6-16H,5H2,1-4H3/q+1. The number of nitrogens with zero attached hydrogens (tertiary/aromatic N) is 2. The Hall–Kier alpha value is -3.05. The van der Waals surface area contributed by atoms with Crippen molar-refractivity contribution in [3.05, 3.63) is 77.1 Å². The third kappa shape index (κ3) is 3.91. The molecule has 3 aromatic rings. The minimum Gasteiger partial charge on any atom is -0.497 e. The third-order valence-corrected chi connectivity index (χ3v) is 5.89. The zero-order valence-corrected chi connectivity index (χ0v) is 18.0. The first-order valence-electron chi connectivity index (χ1n) is 9.64. The molecule has 0 saturated carbocycles. The van der Waals surface area contributed by atoms with Crippen molar-refractivity contribution in [2.45, 2.75) is 13.5 Å². The zero-order valence-electron chi connectivity index (χ0n) is 17.2. The summed E-state index contributed by atoms with van der Waals surface area (Å²) < 4.78 is 15.1. The molecule has 2 aromatic carbocycles. The summed E-state index contributed by atoms with van der Waals surface area (Å²) in [5.74, 6) is 2.59. The quantitative estimate of drug-likeness (QED) is 0.552. The van der Waals surface area contributed by atoms with Crippen LogP contribution in [0.25, 0.3) is 21.9 Å². The minimum atomic E-state index is 0.836. The minimum absolute atomic E-state index is 0.836. The predicted molar refractivity (Wildman–Crippen MR) is 120 cm³/mol. The van der Waals surface area contributed by atoms with Crippen LogP contribution in [0.1, 0.15) is 17.5 Å². The fraction of sp³-hybridized carbons (Fsp3) is 0.208. The van der Waals surface area contributed by atoms with Gasteiger partial charge in [0, 0.05) is 31.8 Å². The molecule has 0 amide bonds. The van der Waals surface area contributed by atoms with E-state index in [4.69, 9.17) is 9.47 Å². The smallest absolute Gasteiger partial charge is 0.266 e. The van der Waals surface area contributed by atoms with Crippen molar-refractivity contribution >= 4 is 33.2 Å². The van der Waals surface area contributed by atoms with E-state index in [1.54, 1.807) is 18.4 Å². The van der Waals surface area contributed by atoms with Gasteiger partial charge in [0.25, 0.3) is 5.01 Å². The maximum Gasteiger partial charge on any atom is 0.266 e. The van der Waals surface area contributed by atoms with Gasteiger partial charge in [0.2, 0.25) is 5.52 Å². The topological polar surface area (TPSA) is 25.6 Å². The van der Waals surface area contributed by atoms with Crippen LogP contribution in [0.5, 0.6) is 11.5 Å². The van der Waals surface area contributed by atoms with E-state index < -0.39 is 0 Å². The number of methoxy groups -OCH3 is 1. The van der Waals surface area contributed by atoms with Crippen molar-refractivity contribution in [1.82, 2.24) is 4.90 Å². The number of para-hydroxylation sites is 1. The summed E-state index contributed by atoms with van der Waals surface area (Å²) in [5, 5.41) is 1.15. The van der Waals surface area contributed by atoms with Crippen LogP contribution in [0.4, 0.5) is 0 Å². The average Bonchev–Trinajstić information content (AvgIpc) is 3.07. The molecule has 1 aliphatic rings. The highest BCUT2D eigenvalue weighted by atomic mass is 32.1. The molecule has 29 heavy (non-hydrogen) atoms. The van der Waals surface area contributed by atoms with E-state index in [-0.39, 0.29) is 0 Å². The fourth-order valence-corrected chi connectivity index (χ4v) is 4.58. The molecule has 0 bridgehead atoms. The monoisotopic (exact) mass is 405 g/mol. The highest BCUT2D eigenvalue weighted by Gasteiger charge is 2.21. The Morgan fingerprint density at radius 3 is 2.76 bits per heavy atom. The second kappa shape index (κ2) is 8.13. The third-order valence-electron chi connectivity index (χ3n) is 4.80. The number of fused-ring (bicyclic) bond motifs is 2. The van der Waals surface area contributed by atoms with Gasteiger partial charge in [-0.3, -0.25) is 0 Å². The van der Waals surface area contributed by atoms with E-state index >= 15 is 0 Å². The van der Waals surface area contributed by atoms with Gasteiger partial charge in [-0.15, -0.1) is 0 Å². The molecule has 5 heteroatoms. The van der Waals surface area contributed by atoms with Gasteiger partial charge in [0.05, 0.1) is 13.2 Å². The number of thiazole rings is 1. The Morgan fingerprint density at radius 1 is 1.17 bits per heavy atom. The largest absolute Gasteiger partial charge is 0.497 e. The molecule has 0 N–H and O–H groups in total. The molecule has 1 aromatic heterocycles. The average molecular weight is 406 g/mol. The van der Waals surface area contributed by atoms with E-state index in [0.29, 0.717) is 0 Å². The van der Waals surface area contributed by atoms with Gasteiger partial charge in [-0.1, -0.05) is 29.5 Å². The van der Waals surface area contributed by atoms with Gasteiger partial charge in [0.15, 0.2) is 0 Å². The Labute approximate surface area is 175 Å². The summed E-state index contributed by atoms with van der Waals surface area (Å²) in [6.07, 6.45) is 8.41. The van der Waals surface area contributed by atoms with Crippen LogP contribution in [-0.4, -0.2) is 26.1 Å². The number of allylic oxidation sites excluding steroid dienone is 3. The molecule has 0 radical (unpaired) electrons. The predicted octanol–water partition coefficient (Wildman–Crippen LogP) is 5.11. The Morgan fingerprint density at radius 2 is 2.00 bits per heavy atom. The maximum atomic E-state index is 6.22. The number of hydrogen-bond donors (Lipinski definition) is 0. The first-order valence-corrected chi connectivity index (χ1v) is 10.5.